The molecule has 1 unspecified atom stereocenters. The summed E-state index contributed by atoms with van der Waals surface area (Å²) in [7, 11) is 0. The molecule has 1 rings (SSSR count). The number of carbonyl (C=O) groups is 1. The molecule has 0 spiro atoms. The average molecular weight is 236 g/mol. The molecule has 0 aromatic heterocycles. The molecule has 2 N–H and O–H groups in total. The minimum atomic E-state index is -1.30. The van der Waals surface area contributed by atoms with Crippen LogP contribution in [0.2, 0.25) is 0 Å². The van der Waals surface area contributed by atoms with Crippen LogP contribution in [-0.4, -0.2) is 16.2 Å². The monoisotopic (exact) mass is 236 g/mol. The normalized spacial score (nSPS) is 14.6. The summed E-state index contributed by atoms with van der Waals surface area (Å²) in [4.78, 5) is 10.6. The Labute approximate surface area is 102 Å². The van der Waals surface area contributed by atoms with E-state index in [1.165, 1.54) is 12.5 Å². The van der Waals surface area contributed by atoms with Gasteiger partial charge in [0.05, 0.1) is 12.0 Å². The summed E-state index contributed by atoms with van der Waals surface area (Å²) in [5, 5.41) is 18.8. The number of carboxylic acid groups (broad SMARTS) is 1. The van der Waals surface area contributed by atoms with Crippen LogP contribution in [-0.2, 0) is 16.8 Å². The molecule has 0 fully saturated rings. The molecule has 0 saturated heterocycles. The molecule has 0 amide bonds. The summed E-state index contributed by atoms with van der Waals surface area (Å²) in [5.74, 6) is -0.415. The lowest BCUT2D eigenvalue weighted by molar-refractivity contribution is -0.142. The Hall–Kier alpha value is -1.35. The number of carboxylic acids is 1. The Morgan fingerprint density at radius 1 is 1.29 bits per heavy atom. The van der Waals surface area contributed by atoms with Crippen molar-refractivity contribution in [2.45, 2.75) is 39.2 Å². The quantitative estimate of drug-likeness (QED) is 0.826. The first kappa shape index (κ1) is 13.7. The highest BCUT2D eigenvalue weighted by atomic mass is 16.4. The van der Waals surface area contributed by atoms with Crippen LogP contribution in [0.4, 0.5) is 0 Å². The lowest BCUT2D eigenvalue weighted by Crippen LogP contribution is -2.24. The number of hydrogen-bond donors (Lipinski definition) is 2. The van der Waals surface area contributed by atoms with Crippen LogP contribution in [0, 0.1) is 5.92 Å². The van der Waals surface area contributed by atoms with E-state index in [0.29, 0.717) is 11.5 Å². The standard InChI is InChI=1S/C14H20O3/c1-10(2)8-11-4-6-12(7-5-11)14(3,17)9-13(15)16/h4-7,10,17H,8-9H2,1-3H3,(H,15,16). The SMILES string of the molecule is CC(C)Cc1ccc(C(C)(O)CC(=O)O)cc1. The van der Waals surface area contributed by atoms with Crippen LogP contribution in [0.3, 0.4) is 0 Å². The van der Waals surface area contributed by atoms with E-state index in [1.807, 2.05) is 12.1 Å². The van der Waals surface area contributed by atoms with Gasteiger partial charge in [-0.15, -0.1) is 0 Å². The van der Waals surface area contributed by atoms with Crippen molar-refractivity contribution in [3.05, 3.63) is 35.4 Å². The third-order valence-electron chi connectivity index (χ3n) is 2.72. The lowest BCUT2D eigenvalue weighted by Gasteiger charge is -2.22. The molecule has 3 nitrogen and oxygen atoms in total. The summed E-state index contributed by atoms with van der Waals surface area (Å²) in [5.41, 5.74) is 0.546. The molecule has 0 radical (unpaired) electrons. The third kappa shape index (κ3) is 4.19. The fourth-order valence-corrected chi connectivity index (χ4v) is 1.87. The molecule has 0 bridgehead atoms. The lowest BCUT2D eigenvalue weighted by atomic mass is 9.91. The Kier molecular flexibility index (Phi) is 4.29. The molecule has 0 saturated carbocycles. The van der Waals surface area contributed by atoms with Gasteiger partial charge in [-0.3, -0.25) is 4.79 Å². The van der Waals surface area contributed by atoms with Gasteiger partial charge in [0.2, 0.25) is 0 Å². The highest BCUT2D eigenvalue weighted by Gasteiger charge is 2.26. The van der Waals surface area contributed by atoms with Gasteiger partial charge in [0.15, 0.2) is 0 Å². The highest BCUT2D eigenvalue weighted by molar-refractivity contribution is 5.68. The van der Waals surface area contributed by atoms with Crippen molar-refractivity contribution in [2.24, 2.45) is 5.92 Å². The topological polar surface area (TPSA) is 57.5 Å². The molecule has 1 aromatic carbocycles. The summed E-state index contributed by atoms with van der Waals surface area (Å²) in [6, 6.07) is 7.51. The molecule has 3 heteroatoms. The maximum absolute atomic E-state index is 10.6. The molecular formula is C14H20O3. The van der Waals surface area contributed by atoms with Crippen molar-refractivity contribution in [3.8, 4) is 0 Å². The summed E-state index contributed by atoms with van der Waals surface area (Å²) in [6.45, 7) is 5.82. The van der Waals surface area contributed by atoms with Gasteiger partial charge in [-0.25, -0.2) is 0 Å². The maximum atomic E-state index is 10.6. The minimum Gasteiger partial charge on any atom is -0.481 e. The third-order valence-corrected chi connectivity index (χ3v) is 2.72. The van der Waals surface area contributed by atoms with E-state index in [-0.39, 0.29) is 6.42 Å². The van der Waals surface area contributed by atoms with Gasteiger partial charge >= 0.3 is 5.97 Å². The summed E-state index contributed by atoms with van der Waals surface area (Å²) in [6.07, 6.45) is 0.706. The zero-order valence-electron chi connectivity index (χ0n) is 10.6. The zero-order chi connectivity index (χ0) is 13.1. The van der Waals surface area contributed by atoms with E-state index < -0.39 is 11.6 Å². The number of hydrogen-bond acceptors (Lipinski definition) is 2. The second kappa shape index (κ2) is 5.32. The van der Waals surface area contributed by atoms with Crippen LogP contribution in [0.15, 0.2) is 24.3 Å². The van der Waals surface area contributed by atoms with E-state index >= 15 is 0 Å². The second-order valence-electron chi connectivity index (χ2n) is 5.14. The van der Waals surface area contributed by atoms with Gasteiger partial charge in [-0.1, -0.05) is 38.1 Å². The van der Waals surface area contributed by atoms with Gasteiger partial charge in [-0.05, 0) is 30.4 Å². The van der Waals surface area contributed by atoms with Crippen LogP contribution in [0.25, 0.3) is 0 Å². The predicted octanol–water partition coefficient (Wildman–Crippen LogP) is 2.57. The molecule has 1 aromatic rings. The fraction of sp³-hybridized carbons (Fsp3) is 0.500. The van der Waals surface area contributed by atoms with Crippen molar-refractivity contribution in [2.75, 3.05) is 0 Å². The maximum Gasteiger partial charge on any atom is 0.306 e. The van der Waals surface area contributed by atoms with Crippen LogP contribution in [0.1, 0.15) is 38.3 Å². The Bertz CT molecular complexity index is 377. The largest absolute Gasteiger partial charge is 0.481 e. The van der Waals surface area contributed by atoms with E-state index in [1.54, 1.807) is 12.1 Å². The number of aliphatic hydroxyl groups is 1. The van der Waals surface area contributed by atoms with Crippen molar-refractivity contribution < 1.29 is 15.0 Å². The first-order chi connectivity index (χ1) is 7.81. The predicted molar refractivity (Wildman–Crippen MR) is 66.8 cm³/mol. The first-order valence-corrected chi connectivity index (χ1v) is 5.85. The Morgan fingerprint density at radius 3 is 2.24 bits per heavy atom. The van der Waals surface area contributed by atoms with Gasteiger partial charge in [0, 0.05) is 0 Å². The average Bonchev–Trinajstić information content (AvgIpc) is 2.15. The molecule has 0 aliphatic carbocycles. The fourth-order valence-electron chi connectivity index (χ4n) is 1.87. The van der Waals surface area contributed by atoms with Crippen molar-refractivity contribution in [3.63, 3.8) is 0 Å². The first-order valence-electron chi connectivity index (χ1n) is 5.85. The molecular weight excluding hydrogens is 216 g/mol. The van der Waals surface area contributed by atoms with E-state index in [9.17, 15) is 9.90 Å². The summed E-state index contributed by atoms with van der Waals surface area (Å²) >= 11 is 0. The zero-order valence-corrected chi connectivity index (χ0v) is 10.6. The molecule has 0 heterocycles. The highest BCUT2D eigenvalue weighted by Crippen LogP contribution is 2.25. The molecule has 1 atom stereocenters. The molecule has 17 heavy (non-hydrogen) atoms. The smallest absolute Gasteiger partial charge is 0.306 e. The van der Waals surface area contributed by atoms with Crippen LogP contribution >= 0.6 is 0 Å². The van der Waals surface area contributed by atoms with Gasteiger partial charge in [0.1, 0.15) is 0 Å². The Balaban J connectivity index is 2.82. The molecule has 0 aliphatic heterocycles. The molecule has 0 aliphatic rings. The van der Waals surface area contributed by atoms with E-state index in [0.717, 1.165) is 6.42 Å². The Morgan fingerprint density at radius 2 is 1.82 bits per heavy atom. The van der Waals surface area contributed by atoms with Gasteiger partial charge < -0.3 is 10.2 Å². The van der Waals surface area contributed by atoms with E-state index in [4.69, 9.17) is 5.11 Å². The van der Waals surface area contributed by atoms with Crippen LogP contribution in [0.5, 0.6) is 0 Å². The number of rotatable bonds is 5. The van der Waals surface area contributed by atoms with Crippen molar-refractivity contribution in [1.82, 2.24) is 0 Å². The van der Waals surface area contributed by atoms with Crippen LogP contribution < -0.4 is 0 Å². The second-order valence-corrected chi connectivity index (χ2v) is 5.14. The van der Waals surface area contributed by atoms with Crippen molar-refractivity contribution in [1.29, 1.82) is 0 Å². The minimum absolute atomic E-state index is 0.281. The number of aliphatic carboxylic acids is 1. The van der Waals surface area contributed by atoms with E-state index in [2.05, 4.69) is 13.8 Å². The van der Waals surface area contributed by atoms with Gasteiger partial charge in [-0.2, -0.15) is 0 Å². The molecule has 94 valence electrons. The van der Waals surface area contributed by atoms with Gasteiger partial charge in [0.25, 0.3) is 0 Å². The summed E-state index contributed by atoms with van der Waals surface area (Å²) < 4.78 is 0. The number of benzene rings is 1. The van der Waals surface area contributed by atoms with Crippen molar-refractivity contribution >= 4 is 5.97 Å².